The Morgan fingerprint density at radius 1 is 1.70 bits per heavy atom. The number of thioether (sulfide) groups is 2. The predicted octanol–water partition coefficient (Wildman–Crippen LogP) is 1.79. The average Bonchev–Trinajstić information content (AvgIpc) is 2.41. The lowest BCUT2D eigenvalue weighted by Crippen LogP contribution is -2.19. The van der Waals surface area contributed by atoms with E-state index < -0.39 is 0 Å². The minimum absolute atomic E-state index is 0.763. The second-order valence-electron chi connectivity index (χ2n) is 2.30. The van der Waals surface area contributed by atoms with Gasteiger partial charge >= 0.3 is 0 Å². The minimum atomic E-state index is 0.763. The third kappa shape index (κ3) is 3.17. The van der Waals surface area contributed by atoms with E-state index in [1.54, 1.807) is 0 Å². The van der Waals surface area contributed by atoms with Crippen molar-refractivity contribution in [1.29, 1.82) is 0 Å². The third-order valence-corrected chi connectivity index (χ3v) is 3.70. The fourth-order valence-corrected chi connectivity index (χ4v) is 2.88. The summed E-state index contributed by atoms with van der Waals surface area (Å²) >= 11 is 4.11. The molecule has 10 heavy (non-hydrogen) atoms. The van der Waals surface area contributed by atoms with Gasteiger partial charge in [0.05, 0.1) is 5.37 Å². The van der Waals surface area contributed by atoms with Gasteiger partial charge in [0.25, 0.3) is 0 Å². The van der Waals surface area contributed by atoms with Crippen molar-refractivity contribution < 1.29 is 0 Å². The van der Waals surface area contributed by atoms with Crippen molar-refractivity contribution in [2.24, 2.45) is 0 Å². The summed E-state index contributed by atoms with van der Waals surface area (Å²) in [6.07, 6.45) is 1.34. The van der Waals surface area contributed by atoms with Gasteiger partial charge in [-0.2, -0.15) is 11.8 Å². The summed E-state index contributed by atoms with van der Waals surface area (Å²) in [4.78, 5) is 0. The van der Waals surface area contributed by atoms with Crippen LogP contribution in [0.3, 0.4) is 0 Å². The van der Waals surface area contributed by atoms with Crippen molar-refractivity contribution in [3.8, 4) is 0 Å². The molecule has 0 aromatic heterocycles. The van der Waals surface area contributed by atoms with Gasteiger partial charge in [0.2, 0.25) is 0 Å². The van der Waals surface area contributed by atoms with Gasteiger partial charge in [0.1, 0.15) is 0 Å². The van der Waals surface area contributed by atoms with E-state index in [-0.39, 0.29) is 0 Å². The molecule has 1 saturated heterocycles. The summed E-state index contributed by atoms with van der Waals surface area (Å²) in [5.41, 5.74) is 0. The van der Waals surface area contributed by atoms with Crippen LogP contribution in [-0.2, 0) is 0 Å². The summed E-state index contributed by atoms with van der Waals surface area (Å²) in [7, 11) is 0. The normalized spacial score (nSPS) is 25.5. The van der Waals surface area contributed by atoms with Gasteiger partial charge in [-0.05, 0) is 17.9 Å². The van der Waals surface area contributed by atoms with E-state index in [1.165, 1.54) is 30.2 Å². The molecule has 1 aliphatic rings. The van der Waals surface area contributed by atoms with Crippen LogP contribution in [0.5, 0.6) is 0 Å². The second-order valence-corrected chi connectivity index (χ2v) is 5.00. The summed E-state index contributed by atoms with van der Waals surface area (Å²) in [5, 5.41) is 4.23. The first-order chi connectivity index (χ1) is 4.93. The molecule has 0 radical (unpaired) electrons. The topological polar surface area (TPSA) is 12.0 Å². The van der Waals surface area contributed by atoms with Gasteiger partial charge < -0.3 is 5.32 Å². The summed E-state index contributed by atoms with van der Waals surface area (Å²) in [5.74, 6) is 3.89. The highest BCUT2D eigenvalue weighted by Crippen LogP contribution is 2.18. The molecule has 0 amide bonds. The van der Waals surface area contributed by atoms with Crippen LogP contribution in [0.25, 0.3) is 0 Å². The molecule has 3 heteroatoms. The molecule has 1 unspecified atom stereocenters. The van der Waals surface area contributed by atoms with Gasteiger partial charge in [0, 0.05) is 12.3 Å². The van der Waals surface area contributed by atoms with Crippen molar-refractivity contribution in [2.75, 3.05) is 23.8 Å². The molecule has 0 spiro atoms. The highest BCUT2D eigenvalue weighted by molar-refractivity contribution is 8.00. The molecule has 1 aliphatic heterocycles. The Morgan fingerprint density at radius 2 is 2.60 bits per heavy atom. The van der Waals surface area contributed by atoms with Crippen molar-refractivity contribution in [3.05, 3.63) is 0 Å². The molecule has 1 rings (SSSR count). The number of hydrogen-bond acceptors (Lipinski definition) is 3. The van der Waals surface area contributed by atoms with Crippen LogP contribution in [0.4, 0.5) is 0 Å². The second kappa shape index (κ2) is 5.33. The molecule has 0 aliphatic carbocycles. The molecule has 1 N–H and O–H groups in total. The van der Waals surface area contributed by atoms with Crippen LogP contribution in [0.15, 0.2) is 0 Å². The molecule has 0 aromatic carbocycles. The Bertz CT molecular complexity index is 81.7. The predicted molar refractivity (Wildman–Crippen MR) is 51.9 cm³/mol. The number of hydrogen-bond donors (Lipinski definition) is 1. The molecular weight excluding hydrogens is 162 g/mol. The molecular formula is C7H15NS2. The van der Waals surface area contributed by atoms with Crippen molar-refractivity contribution in [3.63, 3.8) is 0 Å². The summed E-state index contributed by atoms with van der Waals surface area (Å²) in [6.45, 7) is 3.44. The van der Waals surface area contributed by atoms with Gasteiger partial charge in [0.15, 0.2) is 0 Å². The van der Waals surface area contributed by atoms with E-state index in [9.17, 15) is 0 Å². The Labute approximate surface area is 71.7 Å². The van der Waals surface area contributed by atoms with Gasteiger partial charge in [-0.3, -0.25) is 0 Å². The first-order valence-corrected chi connectivity index (χ1v) is 6.06. The van der Waals surface area contributed by atoms with E-state index in [4.69, 9.17) is 0 Å². The zero-order chi connectivity index (χ0) is 7.23. The van der Waals surface area contributed by atoms with Crippen LogP contribution < -0.4 is 5.32 Å². The van der Waals surface area contributed by atoms with E-state index in [0.29, 0.717) is 0 Å². The summed E-state index contributed by atoms with van der Waals surface area (Å²) < 4.78 is 0. The lowest BCUT2D eigenvalue weighted by Gasteiger charge is -2.06. The van der Waals surface area contributed by atoms with E-state index in [1.807, 2.05) is 11.8 Å². The Kier molecular flexibility index (Phi) is 4.66. The zero-order valence-corrected chi connectivity index (χ0v) is 8.06. The molecule has 1 fully saturated rings. The monoisotopic (exact) mass is 177 g/mol. The molecule has 60 valence electrons. The van der Waals surface area contributed by atoms with Crippen molar-refractivity contribution in [1.82, 2.24) is 5.32 Å². The Hall–Kier alpha value is 0.660. The maximum atomic E-state index is 3.47. The van der Waals surface area contributed by atoms with Gasteiger partial charge in [-0.25, -0.2) is 0 Å². The van der Waals surface area contributed by atoms with Gasteiger partial charge in [-0.15, -0.1) is 11.8 Å². The van der Waals surface area contributed by atoms with E-state index in [0.717, 1.165) is 5.37 Å². The fourth-order valence-electron chi connectivity index (χ4n) is 1.00. The van der Waals surface area contributed by atoms with Crippen LogP contribution in [0.2, 0.25) is 0 Å². The molecule has 1 heterocycles. The van der Waals surface area contributed by atoms with E-state index >= 15 is 0 Å². The molecule has 0 aromatic rings. The van der Waals surface area contributed by atoms with Crippen LogP contribution in [0.1, 0.15) is 13.3 Å². The minimum Gasteiger partial charge on any atom is -0.304 e. The first-order valence-electron chi connectivity index (χ1n) is 3.86. The van der Waals surface area contributed by atoms with Crippen molar-refractivity contribution >= 4 is 23.5 Å². The highest BCUT2D eigenvalue weighted by atomic mass is 32.2. The van der Waals surface area contributed by atoms with Crippen LogP contribution in [0, 0.1) is 0 Å². The number of rotatable bonds is 4. The lowest BCUT2D eigenvalue weighted by atomic mass is 10.5. The Balaban J connectivity index is 1.91. The highest BCUT2D eigenvalue weighted by Gasteiger charge is 2.12. The maximum Gasteiger partial charge on any atom is 0.0540 e. The summed E-state index contributed by atoms with van der Waals surface area (Å²) in [6, 6.07) is 0. The molecule has 0 saturated carbocycles. The quantitative estimate of drug-likeness (QED) is 0.658. The van der Waals surface area contributed by atoms with Gasteiger partial charge in [-0.1, -0.05) is 6.92 Å². The third-order valence-electron chi connectivity index (χ3n) is 1.52. The van der Waals surface area contributed by atoms with E-state index in [2.05, 4.69) is 24.0 Å². The fraction of sp³-hybridized carbons (Fsp3) is 1.00. The largest absolute Gasteiger partial charge is 0.304 e. The zero-order valence-electron chi connectivity index (χ0n) is 6.43. The van der Waals surface area contributed by atoms with Crippen molar-refractivity contribution in [2.45, 2.75) is 18.7 Å². The standard InChI is InChI=1S/C7H15NS2/c1-2-9-5-3-7-8-4-6-10-7/h7-8H,2-6H2,1H3. The maximum absolute atomic E-state index is 3.47. The SMILES string of the molecule is CCSCCC1NCCS1. The smallest absolute Gasteiger partial charge is 0.0540 e. The lowest BCUT2D eigenvalue weighted by molar-refractivity contribution is 0.696. The van der Waals surface area contributed by atoms with Crippen LogP contribution in [-0.4, -0.2) is 29.2 Å². The first kappa shape index (κ1) is 8.75. The molecule has 1 nitrogen and oxygen atoms in total. The molecule has 1 atom stereocenters. The van der Waals surface area contributed by atoms with Crippen LogP contribution >= 0.6 is 23.5 Å². The number of nitrogens with one attached hydrogen (secondary N) is 1. The molecule has 0 bridgehead atoms. The average molecular weight is 177 g/mol. The Morgan fingerprint density at radius 3 is 3.20 bits per heavy atom.